The fourth-order valence-electron chi connectivity index (χ4n) is 3.90. The average molecular weight is 406 g/mol. The summed E-state index contributed by atoms with van der Waals surface area (Å²) in [5.41, 5.74) is 3.31. The molecule has 0 unspecified atom stereocenters. The first-order valence-corrected chi connectivity index (χ1v) is 10.9. The Morgan fingerprint density at radius 2 is 1.97 bits per heavy atom. The van der Waals surface area contributed by atoms with Crippen molar-refractivity contribution >= 4 is 11.6 Å². The van der Waals surface area contributed by atoms with Crippen molar-refractivity contribution in [1.29, 1.82) is 0 Å². The molecule has 0 aliphatic carbocycles. The van der Waals surface area contributed by atoms with Gasteiger partial charge in [0, 0.05) is 57.8 Å². The number of aromatic nitrogens is 2. The lowest BCUT2D eigenvalue weighted by Crippen LogP contribution is -2.47. The second-order valence-electron chi connectivity index (χ2n) is 7.76. The molecule has 4 rings (SSSR count). The first-order chi connectivity index (χ1) is 14.7. The molecule has 1 aliphatic heterocycles. The van der Waals surface area contributed by atoms with Gasteiger partial charge in [-0.2, -0.15) is 0 Å². The molecule has 158 valence electrons. The third-order valence-corrected chi connectivity index (χ3v) is 5.48. The summed E-state index contributed by atoms with van der Waals surface area (Å²) >= 11 is 0. The van der Waals surface area contributed by atoms with Gasteiger partial charge in [-0.1, -0.05) is 24.3 Å². The molecule has 3 aromatic rings. The van der Waals surface area contributed by atoms with Gasteiger partial charge in [0.25, 0.3) is 0 Å². The Morgan fingerprint density at radius 1 is 1.17 bits per heavy atom. The number of hydrogen-bond donors (Lipinski definition) is 1. The lowest BCUT2D eigenvalue weighted by molar-refractivity contribution is 0.129. The molecule has 0 atom stereocenters. The highest BCUT2D eigenvalue weighted by Crippen LogP contribution is 2.19. The van der Waals surface area contributed by atoms with E-state index in [0.717, 1.165) is 68.5 Å². The molecule has 30 heavy (non-hydrogen) atoms. The van der Waals surface area contributed by atoms with Crippen molar-refractivity contribution < 1.29 is 4.74 Å². The van der Waals surface area contributed by atoms with E-state index in [4.69, 9.17) is 14.7 Å². The molecule has 1 saturated heterocycles. The minimum absolute atomic E-state index is 0.271. The van der Waals surface area contributed by atoms with Gasteiger partial charge in [0.2, 0.25) is 0 Å². The number of ether oxygens (including phenoxy) is 1. The van der Waals surface area contributed by atoms with Crippen molar-refractivity contribution in [3.8, 4) is 5.75 Å². The number of para-hydroxylation sites is 1. The predicted molar refractivity (Wildman–Crippen MR) is 121 cm³/mol. The lowest BCUT2D eigenvalue weighted by Gasteiger charge is -2.34. The summed E-state index contributed by atoms with van der Waals surface area (Å²) in [6.45, 7) is 7.72. The van der Waals surface area contributed by atoms with Gasteiger partial charge in [0.1, 0.15) is 17.5 Å². The van der Waals surface area contributed by atoms with Gasteiger partial charge >= 0.3 is 0 Å². The Balaban J connectivity index is 1.32. The zero-order valence-corrected chi connectivity index (χ0v) is 17.9. The van der Waals surface area contributed by atoms with Crippen LogP contribution in [0, 0.1) is 6.92 Å². The summed E-state index contributed by atoms with van der Waals surface area (Å²) < 4.78 is 8.22. The number of piperidine rings is 1. The molecule has 0 radical (unpaired) electrons. The maximum atomic E-state index is 6.12. The number of aliphatic imine (C=N–C) groups is 1. The zero-order chi connectivity index (χ0) is 20.8. The fourth-order valence-corrected chi connectivity index (χ4v) is 3.90. The minimum Gasteiger partial charge on any atom is -0.490 e. The van der Waals surface area contributed by atoms with E-state index in [1.54, 1.807) is 0 Å². The van der Waals surface area contributed by atoms with Gasteiger partial charge in [0.15, 0.2) is 5.96 Å². The number of imidazole rings is 1. The van der Waals surface area contributed by atoms with Crippen LogP contribution in [-0.2, 0) is 6.42 Å². The molecule has 1 aromatic carbocycles. The van der Waals surface area contributed by atoms with Crippen molar-refractivity contribution in [3.05, 3.63) is 66.1 Å². The molecular formula is C24H31N5O. The molecule has 1 N–H and O–H groups in total. The van der Waals surface area contributed by atoms with Crippen LogP contribution < -0.4 is 10.1 Å². The molecule has 0 saturated carbocycles. The standard InChI is InChI=1S/C24H31N5O/c1-3-25-24(26-14-11-20-18-29-15-7-8-19(2)23(29)27-20)28-16-12-22(13-17-28)30-21-9-5-4-6-10-21/h4-10,15,18,22H,3,11-14,16-17H2,1-2H3,(H,25,26). The Morgan fingerprint density at radius 3 is 2.70 bits per heavy atom. The van der Waals surface area contributed by atoms with Crippen LogP contribution in [0.2, 0.25) is 0 Å². The van der Waals surface area contributed by atoms with Crippen LogP contribution >= 0.6 is 0 Å². The van der Waals surface area contributed by atoms with Crippen LogP contribution in [0.15, 0.2) is 59.9 Å². The summed E-state index contributed by atoms with van der Waals surface area (Å²) in [6.07, 6.45) is 7.28. The first-order valence-electron chi connectivity index (χ1n) is 10.9. The Hall–Kier alpha value is -3.02. The third kappa shape index (κ3) is 4.93. The normalized spacial score (nSPS) is 15.5. The van der Waals surface area contributed by atoms with Crippen molar-refractivity contribution in [3.63, 3.8) is 0 Å². The van der Waals surface area contributed by atoms with Gasteiger partial charge in [0.05, 0.1) is 5.69 Å². The largest absolute Gasteiger partial charge is 0.490 e. The van der Waals surface area contributed by atoms with E-state index >= 15 is 0 Å². The molecule has 3 heterocycles. The SMILES string of the molecule is CCNC(=NCCc1cn2cccc(C)c2n1)N1CCC(Oc2ccccc2)CC1. The van der Waals surface area contributed by atoms with Crippen LogP contribution in [0.25, 0.3) is 5.65 Å². The summed E-state index contributed by atoms with van der Waals surface area (Å²) in [5.74, 6) is 1.95. The van der Waals surface area contributed by atoms with Crippen LogP contribution in [-0.4, -0.2) is 52.5 Å². The lowest BCUT2D eigenvalue weighted by atomic mass is 10.1. The summed E-state index contributed by atoms with van der Waals surface area (Å²) in [5, 5.41) is 3.45. The number of fused-ring (bicyclic) bond motifs is 1. The maximum Gasteiger partial charge on any atom is 0.193 e. The number of nitrogens with one attached hydrogen (secondary N) is 1. The second kappa shape index (κ2) is 9.65. The Labute approximate surface area is 178 Å². The van der Waals surface area contributed by atoms with E-state index < -0.39 is 0 Å². The highest BCUT2D eigenvalue weighted by molar-refractivity contribution is 5.80. The molecule has 6 nitrogen and oxygen atoms in total. The number of hydrogen-bond acceptors (Lipinski definition) is 3. The summed E-state index contributed by atoms with van der Waals surface area (Å²) in [4.78, 5) is 12.0. The molecule has 0 bridgehead atoms. The molecule has 1 fully saturated rings. The molecular weight excluding hydrogens is 374 g/mol. The second-order valence-corrected chi connectivity index (χ2v) is 7.76. The number of benzene rings is 1. The summed E-state index contributed by atoms with van der Waals surface area (Å²) in [6, 6.07) is 14.3. The van der Waals surface area contributed by atoms with Crippen LogP contribution in [0.3, 0.4) is 0 Å². The minimum atomic E-state index is 0.271. The Bertz CT molecular complexity index is 974. The van der Waals surface area contributed by atoms with Gasteiger partial charge in [-0.05, 0) is 37.6 Å². The Kier molecular flexibility index (Phi) is 6.52. The highest BCUT2D eigenvalue weighted by Gasteiger charge is 2.22. The quantitative estimate of drug-likeness (QED) is 0.502. The van der Waals surface area contributed by atoms with Crippen LogP contribution in [0.4, 0.5) is 0 Å². The van der Waals surface area contributed by atoms with E-state index in [1.807, 2.05) is 36.5 Å². The van der Waals surface area contributed by atoms with Gasteiger partial charge in [-0.25, -0.2) is 4.98 Å². The maximum absolute atomic E-state index is 6.12. The van der Waals surface area contributed by atoms with Crippen LogP contribution in [0.5, 0.6) is 5.75 Å². The number of aryl methyl sites for hydroxylation is 1. The van der Waals surface area contributed by atoms with E-state index in [1.165, 1.54) is 5.56 Å². The molecule has 1 aliphatic rings. The smallest absolute Gasteiger partial charge is 0.193 e. The van der Waals surface area contributed by atoms with Crippen molar-refractivity contribution in [1.82, 2.24) is 19.6 Å². The van der Waals surface area contributed by atoms with Crippen molar-refractivity contribution in [2.45, 2.75) is 39.2 Å². The van der Waals surface area contributed by atoms with Gasteiger partial charge in [-0.3, -0.25) is 4.99 Å². The third-order valence-electron chi connectivity index (χ3n) is 5.48. The van der Waals surface area contributed by atoms with Gasteiger partial charge in [-0.15, -0.1) is 0 Å². The number of likely N-dealkylation sites (tertiary alicyclic amines) is 1. The number of pyridine rings is 1. The topological polar surface area (TPSA) is 54.2 Å². The van der Waals surface area contributed by atoms with Gasteiger partial charge < -0.3 is 19.4 Å². The van der Waals surface area contributed by atoms with E-state index in [9.17, 15) is 0 Å². The highest BCUT2D eigenvalue weighted by atomic mass is 16.5. The molecule has 6 heteroatoms. The zero-order valence-electron chi connectivity index (χ0n) is 17.9. The fraction of sp³-hybridized carbons (Fsp3) is 0.417. The van der Waals surface area contributed by atoms with E-state index in [0.29, 0.717) is 0 Å². The summed E-state index contributed by atoms with van der Waals surface area (Å²) in [7, 11) is 0. The molecule has 0 spiro atoms. The van der Waals surface area contributed by atoms with Crippen molar-refractivity contribution in [2.24, 2.45) is 4.99 Å². The molecule has 0 amide bonds. The predicted octanol–water partition coefficient (Wildman–Crippen LogP) is 3.69. The van der Waals surface area contributed by atoms with Crippen LogP contribution in [0.1, 0.15) is 31.0 Å². The first kappa shape index (κ1) is 20.3. The number of rotatable bonds is 6. The van der Waals surface area contributed by atoms with E-state index in [2.05, 4.69) is 46.8 Å². The molecule has 2 aromatic heterocycles. The van der Waals surface area contributed by atoms with E-state index in [-0.39, 0.29) is 6.10 Å². The monoisotopic (exact) mass is 405 g/mol. The number of nitrogens with zero attached hydrogens (tertiary/aromatic N) is 4. The van der Waals surface area contributed by atoms with Crippen molar-refractivity contribution in [2.75, 3.05) is 26.2 Å². The number of guanidine groups is 1. The average Bonchev–Trinajstić information content (AvgIpc) is 3.19.